The third kappa shape index (κ3) is 2.65. The van der Waals surface area contributed by atoms with Crippen molar-refractivity contribution in [3.63, 3.8) is 0 Å². The number of hydrogen-bond acceptors (Lipinski definition) is 5. The molecule has 0 radical (unpaired) electrons. The summed E-state index contributed by atoms with van der Waals surface area (Å²) in [6.45, 7) is 5.49. The van der Waals surface area contributed by atoms with Crippen molar-refractivity contribution < 1.29 is 0 Å². The molecule has 2 aromatic heterocycles. The molecule has 8 heteroatoms. The van der Waals surface area contributed by atoms with Gasteiger partial charge >= 0.3 is 0 Å². The molecule has 0 aliphatic heterocycles. The van der Waals surface area contributed by atoms with Gasteiger partial charge in [-0.3, -0.25) is 4.68 Å². The van der Waals surface area contributed by atoms with Crippen LogP contribution in [0.4, 0.5) is 5.69 Å². The number of benzene rings is 1. The van der Waals surface area contributed by atoms with Gasteiger partial charge in [-0.15, -0.1) is 0 Å². The average Bonchev–Trinajstić information content (AvgIpc) is 3.05. The molecule has 21 heavy (non-hydrogen) atoms. The van der Waals surface area contributed by atoms with E-state index in [1.165, 1.54) is 11.7 Å². The molecule has 0 aliphatic carbocycles. The fraction of sp³-hybridized carbons (Fsp3) is 0.308. The van der Waals surface area contributed by atoms with Gasteiger partial charge in [-0.25, -0.2) is 0 Å². The van der Waals surface area contributed by atoms with Crippen molar-refractivity contribution in [3.05, 3.63) is 33.0 Å². The molecular weight excluding hydrogens is 374 g/mol. The zero-order chi connectivity index (χ0) is 15.0. The Morgan fingerprint density at radius 3 is 2.95 bits per heavy atom. The molecule has 110 valence electrons. The van der Waals surface area contributed by atoms with Crippen LogP contribution in [0.15, 0.2) is 16.6 Å². The van der Waals surface area contributed by atoms with Crippen LogP contribution in [0.3, 0.4) is 0 Å². The Kier molecular flexibility index (Phi) is 4.14. The van der Waals surface area contributed by atoms with Gasteiger partial charge in [0.25, 0.3) is 0 Å². The maximum absolute atomic E-state index is 6.29. The summed E-state index contributed by atoms with van der Waals surface area (Å²) < 4.78 is 11.5. The van der Waals surface area contributed by atoms with Crippen LogP contribution in [-0.2, 0) is 13.1 Å². The van der Waals surface area contributed by atoms with Crippen molar-refractivity contribution in [1.82, 2.24) is 18.5 Å². The fourth-order valence-corrected chi connectivity index (χ4v) is 3.39. The molecule has 0 amide bonds. The van der Waals surface area contributed by atoms with Crippen LogP contribution in [0.25, 0.3) is 11.0 Å². The number of fused-ring (bicyclic) bond motifs is 1. The summed E-state index contributed by atoms with van der Waals surface area (Å²) in [5.41, 5.74) is 4.55. The molecule has 0 bridgehead atoms. The van der Waals surface area contributed by atoms with Crippen molar-refractivity contribution >= 4 is 56.0 Å². The summed E-state index contributed by atoms with van der Waals surface area (Å²) >= 11 is 11.1. The van der Waals surface area contributed by atoms with Gasteiger partial charge in [-0.2, -0.15) is 13.8 Å². The lowest BCUT2D eigenvalue weighted by atomic mass is 10.2. The number of nitrogens with zero attached hydrogens (tertiary/aromatic N) is 4. The second kappa shape index (κ2) is 5.90. The van der Waals surface area contributed by atoms with Crippen LogP contribution < -0.4 is 5.32 Å². The first kappa shape index (κ1) is 14.7. The summed E-state index contributed by atoms with van der Waals surface area (Å²) in [6, 6.07) is 3.72. The van der Waals surface area contributed by atoms with Crippen molar-refractivity contribution in [2.24, 2.45) is 0 Å². The second-order valence-electron chi connectivity index (χ2n) is 4.57. The Morgan fingerprint density at radius 1 is 1.38 bits per heavy atom. The molecule has 3 aromatic rings. The van der Waals surface area contributed by atoms with E-state index in [4.69, 9.17) is 11.6 Å². The van der Waals surface area contributed by atoms with Crippen molar-refractivity contribution in [1.29, 1.82) is 0 Å². The molecule has 0 aliphatic rings. The normalized spacial score (nSPS) is 11.2. The number of nitrogens with one attached hydrogen (secondary N) is 1. The first-order chi connectivity index (χ1) is 10.1. The molecule has 0 atom stereocenters. The quantitative estimate of drug-likeness (QED) is 0.728. The molecule has 3 rings (SSSR count). The van der Waals surface area contributed by atoms with E-state index in [1.54, 1.807) is 0 Å². The van der Waals surface area contributed by atoms with E-state index in [-0.39, 0.29) is 0 Å². The lowest BCUT2D eigenvalue weighted by Gasteiger charge is -2.10. The van der Waals surface area contributed by atoms with Gasteiger partial charge in [0, 0.05) is 6.54 Å². The Bertz CT molecular complexity index is 797. The Labute approximate surface area is 139 Å². The Hall–Kier alpha value is -1.18. The topological polar surface area (TPSA) is 55.6 Å². The van der Waals surface area contributed by atoms with Crippen LogP contribution in [0.2, 0.25) is 5.02 Å². The first-order valence-electron chi connectivity index (χ1n) is 6.48. The molecule has 2 heterocycles. The minimum Gasteiger partial charge on any atom is -0.376 e. The van der Waals surface area contributed by atoms with E-state index in [0.717, 1.165) is 39.1 Å². The lowest BCUT2D eigenvalue weighted by molar-refractivity contribution is 0.622. The maximum Gasteiger partial charge on any atom is 0.129 e. The molecule has 1 aromatic carbocycles. The maximum atomic E-state index is 6.29. The zero-order valence-corrected chi connectivity index (χ0v) is 14.7. The van der Waals surface area contributed by atoms with Gasteiger partial charge in [-0.05, 0) is 41.9 Å². The summed E-state index contributed by atoms with van der Waals surface area (Å²) in [6.07, 6.45) is 0. The van der Waals surface area contributed by atoms with Gasteiger partial charge in [0.15, 0.2) is 0 Å². The number of halogens is 2. The van der Waals surface area contributed by atoms with Crippen LogP contribution in [0.5, 0.6) is 0 Å². The van der Waals surface area contributed by atoms with Crippen LogP contribution in [0.1, 0.15) is 18.3 Å². The largest absolute Gasteiger partial charge is 0.376 e. The van der Waals surface area contributed by atoms with Gasteiger partial charge in [0.1, 0.15) is 11.0 Å². The van der Waals surface area contributed by atoms with Gasteiger partial charge < -0.3 is 5.32 Å². The fourth-order valence-electron chi connectivity index (χ4n) is 2.20. The number of rotatable bonds is 4. The van der Waals surface area contributed by atoms with Crippen LogP contribution >= 0.6 is 39.3 Å². The monoisotopic (exact) mass is 385 g/mol. The summed E-state index contributed by atoms with van der Waals surface area (Å²) in [5, 5.41) is 8.50. The standard InChI is InChI=1S/C13H13BrClN5S/c1-3-20-10(11(14)7(2)17-20)6-16-12-8(15)4-5-9-13(12)19-21-18-9/h4-5,16H,3,6H2,1-2H3. The summed E-state index contributed by atoms with van der Waals surface area (Å²) in [5.74, 6) is 0. The first-order valence-corrected chi connectivity index (χ1v) is 8.38. The van der Waals surface area contributed by atoms with Crippen molar-refractivity contribution in [2.45, 2.75) is 26.9 Å². The second-order valence-corrected chi connectivity index (χ2v) is 6.30. The predicted octanol–water partition coefficient (Wildman–Crippen LogP) is 4.24. The third-order valence-electron chi connectivity index (χ3n) is 3.26. The van der Waals surface area contributed by atoms with E-state index < -0.39 is 0 Å². The highest BCUT2D eigenvalue weighted by molar-refractivity contribution is 9.10. The highest BCUT2D eigenvalue weighted by Gasteiger charge is 2.14. The number of hydrogen-bond donors (Lipinski definition) is 1. The molecular formula is C13H13BrClN5S. The van der Waals surface area contributed by atoms with Crippen molar-refractivity contribution in [3.8, 4) is 0 Å². The van der Waals surface area contributed by atoms with Crippen LogP contribution in [-0.4, -0.2) is 18.5 Å². The lowest BCUT2D eigenvalue weighted by Crippen LogP contribution is -2.09. The minimum absolute atomic E-state index is 0.617. The van der Waals surface area contributed by atoms with Crippen LogP contribution in [0, 0.1) is 6.92 Å². The number of aromatic nitrogens is 4. The average molecular weight is 387 g/mol. The third-order valence-corrected chi connectivity index (χ3v) is 5.15. The molecule has 5 nitrogen and oxygen atoms in total. The number of aryl methyl sites for hydroxylation is 2. The Morgan fingerprint density at radius 2 is 2.19 bits per heavy atom. The molecule has 0 fully saturated rings. The highest BCUT2D eigenvalue weighted by atomic mass is 79.9. The van der Waals surface area contributed by atoms with E-state index in [2.05, 4.69) is 42.0 Å². The predicted molar refractivity (Wildman–Crippen MR) is 90.1 cm³/mol. The molecule has 0 saturated heterocycles. The smallest absolute Gasteiger partial charge is 0.129 e. The van der Waals surface area contributed by atoms with Crippen molar-refractivity contribution in [2.75, 3.05) is 5.32 Å². The summed E-state index contributed by atoms with van der Waals surface area (Å²) in [7, 11) is 0. The van der Waals surface area contributed by atoms with E-state index in [0.29, 0.717) is 11.6 Å². The Balaban J connectivity index is 1.94. The zero-order valence-electron chi connectivity index (χ0n) is 11.5. The van der Waals surface area contributed by atoms with Gasteiger partial charge in [0.05, 0.1) is 44.8 Å². The highest BCUT2D eigenvalue weighted by Crippen LogP contribution is 2.31. The summed E-state index contributed by atoms with van der Waals surface area (Å²) in [4.78, 5) is 0. The SMILES string of the molecule is CCn1nc(C)c(Br)c1CNc1c(Cl)ccc2nsnc12. The molecule has 0 unspecified atom stereocenters. The number of anilines is 1. The molecule has 0 spiro atoms. The molecule has 0 saturated carbocycles. The minimum atomic E-state index is 0.617. The van der Waals surface area contributed by atoms with E-state index in [9.17, 15) is 0 Å². The van der Waals surface area contributed by atoms with Gasteiger partial charge in [0.2, 0.25) is 0 Å². The van der Waals surface area contributed by atoms with E-state index >= 15 is 0 Å². The van der Waals surface area contributed by atoms with E-state index in [1.807, 2.05) is 23.7 Å². The van der Waals surface area contributed by atoms with Gasteiger partial charge in [-0.1, -0.05) is 11.6 Å². The molecule has 1 N–H and O–H groups in total.